The van der Waals surface area contributed by atoms with Gasteiger partial charge in [-0.2, -0.15) is 5.26 Å². The standard InChI is InChI=1S/C24H23NO4/c1-27-21-8-3-5-17(15-21)13-19-6-4-7-20(24(19)26)14-18-9-10-22(29-12-11-25)23(16-18)28-2/h3,5,8-10,13-16H,4,6-7,12H2,1-2H3/b19-13+,20-14+. The van der Waals surface area contributed by atoms with Gasteiger partial charge in [-0.05, 0) is 66.8 Å². The fraction of sp³-hybridized carbons (Fsp3) is 0.250. The zero-order chi connectivity index (χ0) is 20.6. The van der Waals surface area contributed by atoms with Crippen LogP contribution in [-0.2, 0) is 4.79 Å². The molecule has 0 N–H and O–H groups in total. The predicted octanol–water partition coefficient (Wildman–Crippen LogP) is 4.83. The van der Waals surface area contributed by atoms with Crippen molar-refractivity contribution >= 4 is 17.9 Å². The Balaban J connectivity index is 1.85. The molecule has 0 unspecified atom stereocenters. The maximum atomic E-state index is 13.0. The Hall–Kier alpha value is -3.52. The van der Waals surface area contributed by atoms with Crippen LogP contribution >= 0.6 is 0 Å². The Morgan fingerprint density at radius 2 is 1.69 bits per heavy atom. The van der Waals surface area contributed by atoms with Crippen molar-refractivity contribution in [1.82, 2.24) is 0 Å². The minimum Gasteiger partial charge on any atom is -0.497 e. The lowest BCUT2D eigenvalue weighted by molar-refractivity contribution is -0.112. The maximum absolute atomic E-state index is 13.0. The molecule has 0 heterocycles. The summed E-state index contributed by atoms with van der Waals surface area (Å²) in [7, 11) is 3.18. The van der Waals surface area contributed by atoms with Crippen LogP contribution in [0.5, 0.6) is 17.2 Å². The average Bonchev–Trinajstić information content (AvgIpc) is 2.75. The van der Waals surface area contributed by atoms with Crippen LogP contribution in [0.1, 0.15) is 30.4 Å². The minimum absolute atomic E-state index is 0.0479. The first kappa shape index (κ1) is 20.2. The summed E-state index contributed by atoms with van der Waals surface area (Å²) in [5.74, 6) is 1.88. The quantitative estimate of drug-likeness (QED) is 0.662. The molecule has 0 spiro atoms. The highest BCUT2D eigenvalue weighted by Crippen LogP contribution is 2.32. The molecule has 0 radical (unpaired) electrons. The van der Waals surface area contributed by atoms with Crippen molar-refractivity contribution in [1.29, 1.82) is 5.26 Å². The van der Waals surface area contributed by atoms with Crippen molar-refractivity contribution in [3.63, 3.8) is 0 Å². The van der Waals surface area contributed by atoms with Gasteiger partial charge >= 0.3 is 0 Å². The van der Waals surface area contributed by atoms with Crippen molar-refractivity contribution < 1.29 is 19.0 Å². The van der Waals surface area contributed by atoms with Gasteiger partial charge in [-0.15, -0.1) is 0 Å². The van der Waals surface area contributed by atoms with E-state index in [4.69, 9.17) is 19.5 Å². The van der Waals surface area contributed by atoms with Crippen molar-refractivity contribution in [2.45, 2.75) is 19.3 Å². The molecule has 0 atom stereocenters. The summed E-state index contributed by atoms with van der Waals surface area (Å²) in [5.41, 5.74) is 3.39. The molecular weight excluding hydrogens is 366 g/mol. The van der Waals surface area contributed by atoms with Gasteiger partial charge in [0, 0.05) is 11.1 Å². The Morgan fingerprint density at radius 3 is 2.34 bits per heavy atom. The molecule has 0 aromatic heterocycles. The van der Waals surface area contributed by atoms with Crippen LogP contribution < -0.4 is 14.2 Å². The Morgan fingerprint density at radius 1 is 0.966 bits per heavy atom. The number of allylic oxidation sites excluding steroid dienone is 2. The number of ketones is 1. The summed E-state index contributed by atoms with van der Waals surface area (Å²) in [4.78, 5) is 13.0. The van der Waals surface area contributed by atoms with Gasteiger partial charge in [0.1, 0.15) is 11.8 Å². The van der Waals surface area contributed by atoms with E-state index in [0.29, 0.717) is 11.5 Å². The van der Waals surface area contributed by atoms with Crippen LogP contribution in [-0.4, -0.2) is 26.6 Å². The normalized spacial score (nSPS) is 16.5. The van der Waals surface area contributed by atoms with Crippen molar-refractivity contribution in [3.8, 4) is 23.3 Å². The summed E-state index contributed by atoms with van der Waals surface area (Å²) in [5, 5.41) is 8.68. The molecule has 0 saturated heterocycles. The second kappa shape index (κ2) is 9.61. The van der Waals surface area contributed by atoms with Gasteiger partial charge in [-0.1, -0.05) is 18.2 Å². The van der Waals surface area contributed by atoms with Crippen LogP contribution in [0.25, 0.3) is 12.2 Å². The van der Waals surface area contributed by atoms with Gasteiger partial charge in [0.25, 0.3) is 0 Å². The van der Waals surface area contributed by atoms with Crippen molar-refractivity contribution in [3.05, 3.63) is 64.7 Å². The number of methoxy groups -OCH3 is 2. The molecule has 1 fully saturated rings. The largest absolute Gasteiger partial charge is 0.497 e. The molecular formula is C24H23NO4. The summed E-state index contributed by atoms with van der Waals surface area (Å²) in [6, 6.07) is 15.0. The van der Waals surface area contributed by atoms with Gasteiger partial charge in [0.2, 0.25) is 0 Å². The third kappa shape index (κ3) is 5.05. The number of nitrogens with zero attached hydrogens (tertiary/aromatic N) is 1. The lowest BCUT2D eigenvalue weighted by Gasteiger charge is -2.17. The van der Waals surface area contributed by atoms with E-state index in [1.807, 2.05) is 54.6 Å². The molecule has 2 aromatic carbocycles. The zero-order valence-electron chi connectivity index (χ0n) is 16.6. The van der Waals surface area contributed by atoms with Crippen LogP contribution in [0, 0.1) is 11.3 Å². The van der Waals surface area contributed by atoms with E-state index in [0.717, 1.165) is 47.3 Å². The Labute approximate surface area is 170 Å². The molecule has 29 heavy (non-hydrogen) atoms. The molecule has 148 valence electrons. The number of ether oxygens (including phenoxy) is 3. The fourth-order valence-corrected chi connectivity index (χ4v) is 3.31. The lowest BCUT2D eigenvalue weighted by Crippen LogP contribution is -2.12. The highest BCUT2D eigenvalue weighted by molar-refractivity contribution is 6.14. The van der Waals surface area contributed by atoms with E-state index >= 15 is 0 Å². The Kier molecular flexibility index (Phi) is 6.70. The van der Waals surface area contributed by atoms with Gasteiger partial charge in [-0.3, -0.25) is 4.79 Å². The van der Waals surface area contributed by atoms with Crippen molar-refractivity contribution in [2.75, 3.05) is 20.8 Å². The Bertz CT molecular complexity index is 998. The van der Waals surface area contributed by atoms with E-state index < -0.39 is 0 Å². The molecule has 5 nitrogen and oxygen atoms in total. The van der Waals surface area contributed by atoms with Crippen LogP contribution in [0.3, 0.4) is 0 Å². The van der Waals surface area contributed by atoms with Gasteiger partial charge < -0.3 is 14.2 Å². The average molecular weight is 389 g/mol. The highest BCUT2D eigenvalue weighted by Gasteiger charge is 2.20. The van der Waals surface area contributed by atoms with Gasteiger partial charge in [0.05, 0.1) is 14.2 Å². The SMILES string of the molecule is COc1cccc(/C=C2\CCC/C(=C\c3ccc(OCC#N)c(OC)c3)C2=O)c1. The smallest absolute Gasteiger partial charge is 0.185 e. The molecule has 5 heteroatoms. The number of benzene rings is 2. The second-order valence-electron chi connectivity index (χ2n) is 6.66. The fourth-order valence-electron chi connectivity index (χ4n) is 3.31. The summed E-state index contributed by atoms with van der Waals surface area (Å²) >= 11 is 0. The van der Waals surface area contributed by atoms with Crippen LogP contribution in [0.15, 0.2) is 53.6 Å². The number of hydrogen-bond acceptors (Lipinski definition) is 5. The molecule has 0 bridgehead atoms. The highest BCUT2D eigenvalue weighted by atomic mass is 16.5. The molecule has 0 amide bonds. The molecule has 1 aliphatic rings. The number of hydrogen-bond donors (Lipinski definition) is 0. The number of carbonyl (C=O) groups excluding carboxylic acids is 1. The number of carbonyl (C=O) groups is 1. The third-order valence-electron chi connectivity index (χ3n) is 4.73. The minimum atomic E-state index is -0.0479. The van der Waals surface area contributed by atoms with Crippen molar-refractivity contribution in [2.24, 2.45) is 0 Å². The first-order valence-electron chi connectivity index (χ1n) is 9.42. The molecule has 3 rings (SSSR count). The van der Waals surface area contributed by atoms with Gasteiger partial charge in [-0.25, -0.2) is 0 Å². The summed E-state index contributed by atoms with van der Waals surface area (Å²) < 4.78 is 16.0. The molecule has 0 aliphatic heterocycles. The predicted molar refractivity (Wildman–Crippen MR) is 112 cm³/mol. The molecule has 1 saturated carbocycles. The van der Waals surface area contributed by atoms with E-state index in [9.17, 15) is 4.79 Å². The monoisotopic (exact) mass is 389 g/mol. The topological polar surface area (TPSA) is 68.6 Å². The van der Waals surface area contributed by atoms with E-state index in [1.165, 1.54) is 0 Å². The number of nitriles is 1. The summed E-state index contributed by atoms with van der Waals surface area (Å²) in [6.07, 6.45) is 6.27. The first-order valence-corrected chi connectivity index (χ1v) is 9.42. The van der Waals surface area contributed by atoms with Gasteiger partial charge in [0.15, 0.2) is 23.9 Å². The van der Waals surface area contributed by atoms with E-state index in [-0.39, 0.29) is 12.4 Å². The maximum Gasteiger partial charge on any atom is 0.185 e. The zero-order valence-corrected chi connectivity index (χ0v) is 16.6. The van der Waals surface area contributed by atoms with E-state index in [1.54, 1.807) is 20.3 Å². The van der Waals surface area contributed by atoms with Crippen LogP contribution in [0.2, 0.25) is 0 Å². The lowest BCUT2D eigenvalue weighted by atomic mass is 9.87. The number of rotatable bonds is 6. The molecule has 1 aliphatic carbocycles. The first-order chi connectivity index (χ1) is 14.1. The second-order valence-corrected chi connectivity index (χ2v) is 6.66. The van der Waals surface area contributed by atoms with Crippen LogP contribution in [0.4, 0.5) is 0 Å². The number of Topliss-reactive ketones (excluding diaryl/α,β-unsaturated/α-hetero) is 1. The third-order valence-corrected chi connectivity index (χ3v) is 4.73. The molecule has 2 aromatic rings. The van der Waals surface area contributed by atoms with E-state index in [2.05, 4.69) is 0 Å². The summed E-state index contributed by atoms with van der Waals surface area (Å²) in [6.45, 7) is -0.0479.